The van der Waals surface area contributed by atoms with Crippen LogP contribution in [0.15, 0.2) is 24.4 Å². The van der Waals surface area contributed by atoms with E-state index in [0.29, 0.717) is 11.3 Å². The van der Waals surface area contributed by atoms with Gasteiger partial charge >= 0.3 is 0 Å². The molecule has 0 radical (unpaired) electrons. The smallest absolute Gasteiger partial charge is 0.0416 e. The first-order valence-electron chi connectivity index (χ1n) is 7.68. The van der Waals surface area contributed by atoms with Gasteiger partial charge in [0, 0.05) is 37.9 Å². The summed E-state index contributed by atoms with van der Waals surface area (Å²) in [6, 6.07) is 6.13. The second-order valence-electron chi connectivity index (χ2n) is 7.00. The Morgan fingerprint density at radius 3 is 2.65 bits per heavy atom. The number of pyridine rings is 1. The van der Waals surface area contributed by atoms with Gasteiger partial charge in [-0.2, -0.15) is 0 Å². The van der Waals surface area contributed by atoms with Crippen molar-refractivity contribution >= 4 is 0 Å². The van der Waals surface area contributed by atoms with Crippen molar-refractivity contribution < 1.29 is 0 Å². The molecular formula is C17H31N3. The number of aromatic nitrogens is 1. The molecule has 1 N–H and O–H groups in total. The van der Waals surface area contributed by atoms with Crippen molar-refractivity contribution in [1.29, 1.82) is 0 Å². The summed E-state index contributed by atoms with van der Waals surface area (Å²) < 4.78 is 0. The molecule has 1 aromatic rings. The summed E-state index contributed by atoms with van der Waals surface area (Å²) in [4.78, 5) is 6.79. The van der Waals surface area contributed by atoms with Gasteiger partial charge in [0.25, 0.3) is 0 Å². The lowest BCUT2D eigenvalue weighted by atomic mass is 9.92. The molecule has 0 saturated carbocycles. The van der Waals surface area contributed by atoms with Crippen molar-refractivity contribution in [3.63, 3.8) is 0 Å². The molecule has 3 heteroatoms. The second kappa shape index (κ2) is 8.38. The second-order valence-corrected chi connectivity index (χ2v) is 7.00. The lowest BCUT2D eigenvalue weighted by Gasteiger charge is -2.31. The van der Waals surface area contributed by atoms with Crippen LogP contribution in [-0.2, 0) is 6.42 Å². The van der Waals surface area contributed by atoms with Crippen LogP contribution in [0.2, 0.25) is 0 Å². The Kier molecular flexibility index (Phi) is 7.17. The average Bonchev–Trinajstić information content (AvgIpc) is 2.36. The van der Waals surface area contributed by atoms with Crippen molar-refractivity contribution in [3.05, 3.63) is 30.1 Å². The van der Waals surface area contributed by atoms with Crippen LogP contribution in [0.4, 0.5) is 0 Å². The van der Waals surface area contributed by atoms with Crippen LogP contribution in [0.1, 0.15) is 33.4 Å². The van der Waals surface area contributed by atoms with Crippen LogP contribution in [0, 0.1) is 11.3 Å². The summed E-state index contributed by atoms with van der Waals surface area (Å²) in [5, 5.41) is 3.57. The third-order valence-corrected chi connectivity index (χ3v) is 3.33. The summed E-state index contributed by atoms with van der Waals surface area (Å²) in [5.74, 6) is 0.715. The molecule has 3 nitrogen and oxygen atoms in total. The number of hydrogen-bond donors (Lipinski definition) is 1. The molecule has 20 heavy (non-hydrogen) atoms. The van der Waals surface area contributed by atoms with E-state index in [-0.39, 0.29) is 0 Å². The SMILES string of the molecule is CC(C)CNCC(C)(C)CN(C)CCc1ccccn1. The standard InChI is InChI=1S/C17H31N3/c1-15(2)12-18-13-17(3,4)14-20(5)11-9-16-8-6-7-10-19-16/h6-8,10,15,18H,9,11-14H2,1-5H3. The first-order valence-corrected chi connectivity index (χ1v) is 7.68. The van der Waals surface area contributed by atoms with Crippen LogP contribution < -0.4 is 5.32 Å². The fourth-order valence-corrected chi connectivity index (χ4v) is 2.42. The van der Waals surface area contributed by atoms with Gasteiger partial charge in [0.2, 0.25) is 0 Å². The molecule has 0 amide bonds. The Bertz CT molecular complexity index is 360. The Balaban J connectivity index is 2.27. The lowest BCUT2D eigenvalue weighted by molar-refractivity contribution is 0.204. The molecule has 0 fully saturated rings. The largest absolute Gasteiger partial charge is 0.316 e. The molecule has 0 saturated heterocycles. The summed E-state index contributed by atoms with van der Waals surface area (Å²) in [7, 11) is 2.20. The zero-order valence-corrected chi connectivity index (χ0v) is 13.8. The highest BCUT2D eigenvalue weighted by molar-refractivity contribution is 5.03. The topological polar surface area (TPSA) is 28.2 Å². The quantitative estimate of drug-likeness (QED) is 0.752. The van der Waals surface area contributed by atoms with Crippen molar-refractivity contribution in [3.8, 4) is 0 Å². The minimum atomic E-state index is 0.299. The molecule has 114 valence electrons. The van der Waals surface area contributed by atoms with Gasteiger partial charge in [-0.25, -0.2) is 0 Å². The number of nitrogens with one attached hydrogen (secondary N) is 1. The Hall–Kier alpha value is -0.930. The van der Waals surface area contributed by atoms with Crippen LogP contribution >= 0.6 is 0 Å². The van der Waals surface area contributed by atoms with E-state index in [0.717, 1.165) is 32.6 Å². The first-order chi connectivity index (χ1) is 9.39. The molecular weight excluding hydrogens is 246 g/mol. The lowest BCUT2D eigenvalue weighted by Crippen LogP contribution is -2.40. The highest BCUT2D eigenvalue weighted by atomic mass is 15.1. The maximum absolute atomic E-state index is 4.38. The van der Waals surface area contributed by atoms with Crippen molar-refractivity contribution in [1.82, 2.24) is 15.2 Å². The van der Waals surface area contributed by atoms with Crippen molar-refractivity contribution in [2.45, 2.75) is 34.1 Å². The van der Waals surface area contributed by atoms with Crippen LogP contribution in [-0.4, -0.2) is 43.1 Å². The molecule has 0 atom stereocenters. The van der Waals surface area contributed by atoms with Crippen LogP contribution in [0.3, 0.4) is 0 Å². The van der Waals surface area contributed by atoms with Gasteiger partial charge in [0.05, 0.1) is 0 Å². The number of nitrogens with zero attached hydrogens (tertiary/aromatic N) is 2. The maximum atomic E-state index is 4.38. The molecule has 0 aliphatic carbocycles. The normalized spacial score (nSPS) is 12.3. The summed E-state index contributed by atoms with van der Waals surface area (Å²) in [5.41, 5.74) is 1.48. The zero-order valence-electron chi connectivity index (χ0n) is 13.8. The van der Waals surface area contributed by atoms with Gasteiger partial charge in [-0.05, 0) is 37.1 Å². The third-order valence-electron chi connectivity index (χ3n) is 3.33. The number of rotatable bonds is 9. The minimum absolute atomic E-state index is 0.299. The average molecular weight is 277 g/mol. The van der Waals surface area contributed by atoms with E-state index in [4.69, 9.17) is 0 Å². The van der Waals surface area contributed by atoms with E-state index < -0.39 is 0 Å². The summed E-state index contributed by atoms with van der Waals surface area (Å²) in [6.45, 7) is 13.5. The summed E-state index contributed by atoms with van der Waals surface area (Å²) >= 11 is 0. The third kappa shape index (κ3) is 7.61. The van der Waals surface area contributed by atoms with E-state index in [1.54, 1.807) is 0 Å². The Morgan fingerprint density at radius 2 is 2.05 bits per heavy atom. The number of likely N-dealkylation sites (N-methyl/N-ethyl adjacent to an activating group) is 1. The highest BCUT2D eigenvalue weighted by Gasteiger charge is 2.19. The minimum Gasteiger partial charge on any atom is -0.316 e. The van der Waals surface area contributed by atoms with E-state index >= 15 is 0 Å². The van der Waals surface area contributed by atoms with Gasteiger partial charge in [0.15, 0.2) is 0 Å². The molecule has 0 bridgehead atoms. The highest BCUT2D eigenvalue weighted by Crippen LogP contribution is 2.15. The van der Waals surface area contributed by atoms with E-state index in [1.165, 1.54) is 5.69 Å². The molecule has 0 aliphatic heterocycles. The zero-order chi connectivity index (χ0) is 15.0. The predicted octanol–water partition coefficient (Wildman–Crippen LogP) is 2.83. The van der Waals surface area contributed by atoms with Crippen molar-refractivity contribution in [2.75, 3.05) is 33.2 Å². The fraction of sp³-hybridized carbons (Fsp3) is 0.706. The van der Waals surface area contributed by atoms with E-state index in [9.17, 15) is 0 Å². The molecule has 0 spiro atoms. The molecule has 1 heterocycles. The maximum Gasteiger partial charge on any atom is 0.0416 e. The predicted molar refractivity (Wildman–Crippen MR) is 86.9 cm³/mol. The van der Waals surface area contributed by atoms with Gasteiger partial charge in [0.1, 0.15) is 0 Å². The van der Waals surface area contributed by atoms with Gasteiger partial charge < -0.3 is 10.2 Å². The molecule has 0 aliphatic rings. The van der Waals surface area contributed by atoms with Crippen LogP contribution in [0.5, 0.6) is 0 Å². The Morgan fingerprint density at radius 1 is 1.30 bits per heavy atom. The molecule has 1 aromatic heterocycles. The molecule has 0 aromatic carbocycles. The fourth-order valence-electron chi connectivity index (χ4n) is 2.42. The van der Waals surface area contributed by atoms with Crippen LogP contribution in [0.25, 0.3) is 0 Å². The Labute approximate surface area is 124 Å². The van der Waals surface area contributed by atoms with Gasteiger partial charge in [-0.15, -0.1) is 0 Å². The van der Waals surface area contributed by atoms with E-state index in [1.807, 2.05) is 12.3 Å². The van der Waals surface area contributed by atoms with Gasteiger partial charge in [-0.1, -0.05) is 33.8 Å². The summed E-state index contributed by atoms with van der Waals surface area (Å²) in [6.07, 6.45) is 2.89. The molecule has 1 rings (SSSR count). The molecule has 0 unspecified atom stereocenters. The van der Waals surface area contributed by atoms with Gasteiger partial charge in [-0.3, -0.25) is 4.98 Å². The monoisotopic (exact) mass is 277 g/mol. The van der Waals surface area contributed by atoms with Crippen molar-refractivity contribution in [2.24, 2.45) is 11.3 Å². The number of hydrogen-bond acceptors (Lipinski definition) is 3. The first kappa shape index (κ1) is 17.1. The van der Waals surface area contributed by atoms with E-state index in [2.05, 4.69) is 62.1 Å².